The van der Waals surface area contributed by atoms with Crippen molar-refractivity contribution < 1.29 is 13.9 Å². The van der Waals surface area contributed by atoms with Crippen LogP contribution in [0.2, 0.25) is 0 Å². The van der Waals surface area contributed by atoms with Gasteiger partial charge in [-0.1, -0.05) is 12.1 Å². The number of hydrogen-bond donors (Lipinski definition) is 0. The van der Waals surface area contributed by atoms with E-state index < -0.39 is 5.97 Å². The van der Waals surface area contributed by atoms with E-state index in [1.54, 1.807) is 19.2 Å². The van der Waals surface area contributed by atoms with Crippen molar-refractivity contribution in [2.75, 3.05) is 0 Å². The van der Waals surface area contributed by atoms with Crippen molar-refractivity contribution in [3.05, 3.63) is 53.0 Å². The van der Waals surface area contributed by atoms with Gasteiger partial charge in [0.05, 0.1) is 6.20 Å². The Morgan fingerprint density at radius 1 is 1.32 bits per heavy atom. The molecule has 0 saturated carbocycles. The predicted octanol–water partition coefficient (Wildman–Crippen LogP) is 1.01. The van der Waals surface area contributed by atoms with Crippen LogP contribution in [0, 0.1) is 0 Å². The van der Waals surface area contributed by atoms with Crippen LogP contribution in [-0.2, 0) is 29.7 Å². The zero-order chi connectivity index (χ0) is 17.4. The summed E-state index contributed by atoms with van der Waals surface area (Å²) in [5, 5.41) is 4.32. The quantitative estimate of drug-likeness (QED) is 0.511. The molecule has 3 aromatic heterocycles. The van der Waals surface area contributed by atoms with E-state index in [1.807, 2.05) is 12.1 Å². The SMILES string of the molecule is Cn1ncc2c(=O)n(CC(=O)OCc3nc4ccccc4o3)cnc21. The lowest BCUT2D eigenvalue weighted by Gasteiger charge is -2.05. The summed E-state index contributed by atoms with van der Waals surface area (Å²) >= 11 is 0. The van der Waals surface area contributed by atoms with Gasteiger partial charge in [0.2, 0.25) is 5.89 Å². The molecule has 1 aromatic carbocycles. The number of fused-ring (bicyclic) bond motifs is 2. The lowest BCUT2D eigenvalue weighted by molar-refractivity contribution is -0.146. The number of para-hydroxylation sites is 2. The number of ether oxygens (including phenoxy) is 1. The van der Waals surface area contributed by atoms with Crippen LogP contribution in [0.5, 0.6) is 0 Å². The molecular formula is C16H13N5O4. The number of hydrogen-bond acceptors (Lipinski definition) is 7. The molecule has 0 fully saturated rings. The highest BCUT2D eigenvalue weighted by Crippen LogP contribution is 2.15. The molecule has 0 atom stereocenters. The normalized spacial score (nSPS) is 11.2. The van der Waals surface area contributed by atoms with Gasteiger partial charge in [-0.15, -0.1) is 0 Å². The number of benzene rings is 1. The van der Waals surface area contributed by atoms with Crippen molar-refractivity contribution in [2.24, 2.45) is 7.05 Å². The van der Waals surface area contributed by atoms with Gasteiger partial charge in [0.1, 0.15) is 23.8 Å². The maximum Gasteiger partial charge on any atom is 0.326 e. The molecule has 0 radical (unpaired) electrons. The molecule has 0 spiro atoms. The Bertz CT molecular complexity index is 1110. The largest absolute Gasteiger partial charge is 0.454 e. The zero-order valence-electron chi connectivity index (χ0n) is 13.2. The highest BCUT2D eigenvalue weighted by Gasteiger charge is 2.13. The van der Waals surface area contributed by atoms with Crippen LogP contribution in [0.1, 0.15) is 5.89 Å². The summed E-state index contributed by atoms with van der Waals surface area (Å²) in [5.74, 6) is -0.294. The predicted molar refractivity (Wildman–Crippen MR) is 86.6 cm³/mol. The van der Waals surface area contributed by atoms with Gasteiger partial charge >= 0.3 is 5.97 Å². The first-order chi connectivity index (χ1) is 12.1. The molecule has 0 amide bonds. The fraction of sp³-hybridized carbons (Fsp3) is 0.188. The number of aromatic nitrogens is 5. The van der Waals surface area contributed by atoms with E-state index >= 15 is 0 Å². The van der Waals surface area contributed by atoms with Crippen LogP contribution in [0.4, 0.5) is 0 Å². The summed E-state index contributed by atoms with van der Waals surface area (Å²) in [6.07, 6.45) is 2.72. The maximum atomic E-state index is 12.3. The molecule has 25 heavy (non-hydrogen) atoms. The van der Waals surface area contributed by atoms with Gasteiger partial charge in [-0.3, -0.25) is 18.8 Å². The summed E-state index contributed by atoms with van der Waals surface area (Å²) in [5.41, 5.74) is 1.42. The number of carbonyl (C=O) groups excluding carboxylic acids is 1. The van der Waals surface area contributed by atoms with Crippen LogP contribution in [0.25, 0.3) is 22.1 Å². The van der Waals surface area contributed by atoms with Crippen molar-refractivity contribution in [3.63, 3.8) is 0 Å². The molecule has 4 aromatic rings. The number of carbonyl (C=O) groups is 1. The Morgan fingerprint density at radius 2 is 2.16 bits per heavy atom. The fourth-order valence-electron chi connectivity index (χ4n) is 2.49. The van der Waals surface area contributed by atoms with Crippen LogP contribution < -0.4 is 5.56 Å². The molecule has 0 bridgehead atoms. The summed E-state index contributed by atoms with van der Waals surface area (Å²) in [4.78, 5) is 32.6. The Morgan fingerprint density at radius 3 is 3.00 bits per heavy atom. The van der Waals surface area contributed by atoms with E-state index in [2.05, 4.69) is 15.1 Å². The lowest BCUT2D eigenvalue weighted by atomic mass is 10.3. The third-order valence-electron chi connectivity index (χ3n) is 3.71. The van der Waals surface area contributed by atoms with Crippen molar-refractivity contribution in [3.8, 4) is 0 Å². The first-order valence-electron chi connectivity index (χ1n) is 7.49. The molecule has 0 N–H and O–H groups in total. The van der Waals surface area contributed by atoms with Crippen molar-refractivity contribution >= 4 is 28.1 Å². The molecular weight excluding hydrogens is 326 g/mol. The molecule has 0 unspecified atom stereocenters. The minimum atomic E-state index is -0.589. The first-order valence-corrected chi connectivity index (χ1v) is 7.49. The molecule has 0 aliphatic heterocycles. The summed E-state index contributed by atoms with van der Waals surface area (Å²) < 4.78 is 13.3. The van der Waals surface area contributed by atoms with Gasteiger partial charge in [-0.25, -0.2) is 9.97 Å². The van der Waals surface area contributed by atoms with E-state index in [1.165, 1.54) is 21.8 Å². The Kier molecular flexibility index (Phi) is 3.53. The molecule has 9 nitrogen and oxygen atoms in total. The van der Waals surface area contributed by atoms with Crippen LogP contribution in [0.15, 0.2) is 46.0 Å². The Labute approximate surface area is 140 Å². The lowest BCUT2D eigenvalue weighted by Crippen LogP contribution is -2.25. The number of esters is 1. The summed E-state index contributed by atoms with van der Waals surface area (Å²) in [6.45, 7) is -0.359. The third kappa shape index (κ3) is 2.75. The second-order valence-corrected chi connectivity index (χ2v) is 5.42. The van der Waals surface area contributed by atoms with E-state index in [0.717, 1.165) is 0 Å². The van der Waals surface area contributed by atoms with Crippen LogP contribution in [0.3, 0.4) is 0 Å². The van der Waals surface area contributed by atoms with Crippen molar-refractivity contribution in [1.29, 1.82) is 0 Å². The molecule has 0 aliphatic carbocycles. The van der Waals surface area contributed by atoms with Gasteiger partial charge in [-0.2, -0.15) is 5.10 Å². The highest BCUT2D eigenvalue weighted by atomic mass is 16.5. The Balaban J connectivity index is 1.47. The summed E-state index contributed by atoms with van der Waals surface area (Å²) in [7, 11) is 1.69. The number of aryl methyl sites for hydroxylation is 1. The molecule has 4 rings (SSSR count). The number of rotatable bonds is 4. The monoisotopic (exact) mass is 339 g/mol. The highest BCUT2D eigenvalue weighted by molar-refractivity contribution is 5.74. The average Bonchev–Trinajstić information content (AvgIpc) is 3.19. The molecule has 3 heterocycles. The minimum absolute atomic E-state index is 0.106. The van der Waals surface area contributed by atoms with Gasteiger partial charge < -0.3 is 9.15 Å². The second-order valence-electron chi connectivity index (χ2n) is 5.42. The van der Waals surface area contributed by atoms with Crippen molar-refractivity contribution in [1.82, 2.24) is 24.3 Å². The Hall–Kier alpha value is -3.49. The fourth-order valence-corrected chi connectivity index (χ4v) is 2.49. The standard InChI is InChI=1S/C16H13N5O4/c1-20-15-10(6-18-20)16(23)21(9-17-15)7-14(22)24-8-13-19-11-4-2-3-5-12(11)25-13/h2-6,9H,7-8H2,1H3. The van der Waals surface area contributed by atoms with E-state index in [4.69, 9.17) is 9.15 Å². The van der Waals surface area contributed by atoms with Crippen LogP contribution >= 0.6 is 0 Å². The molecule has 126 valence electrons. The summed E-state index contributed by atoms with van der Waals surface area (Å²) in [6, 6.07) is 7.26. The minimum Gasteiger partial charge on any atom is -0.454 e. The van der Waals surface area contributed by atoms with E-state index in [9.17, 15) is 9.59 Å². The van der Waals surface area contributed by atoms with Crippen LogP contribution in [-0.4, -0.2) is 30.3 Å². The topological polar surface area (TPSA) is 105 Å². The molecule has 0 aliphatic rings. The van der Waals surface area contributed by atoms with Gasteiger partial charge in [0.25, 0.3) is 5.56 Å². The van der Waals surface area contributed by atoms with Crippen molar-refractivity contribution in [2.45, 2.75) is 13.2 Å². The second kappa shape index (κ2) is 5.86. The molecule has 9 heteroatoms. The zero-order valence-corrected chi connectivity index (χ0v) is 13.2. The number of nitrogens with zero attached hydrogens (tertiary/aromatic N) is 5. The van der Waals surface area contributed by atoms with Gasteiger partial charge in [0.15, 0.2) is 17.8 Å². The smallest absolute Gasteiger partial charge is 0.326 e. The molecule has 0 saturated heterocycles. The van der Waals surface area contributed by atoms with E-state index in [0.29, 0.717) is 28.0 Å². The third-order valence-corrected chi connectivity index (χ3v) is 3.71. The average molecular weight is 339 g/mol. The van der Waals surface area contributed by atoms with Gasteiger partial charge in [-0.05, 0) is 12.1 Å². The first kappa shape index (κ1) is 15.1. The number of oxazole rings is 1. The van der Waals surface area contributed by atoms with Gasteiger partial charge in [0, 0.05) is 7.05 Å². The van der Waals surface area contributed by atoms with E-state index in [-0.39, 0.29) is 18.7 Å². The maximum absolute atomic E-state index is 12.3.